The number of hydrogen-bond donors (Lipinski definition) is 1. The number of benzene rings is 2. The molecule has 1 aliphatic rings. The highest BCUT2D eigenvalue weighted by molar-refractivity contribution is 5.92. The van der Waals surface area contributed by atoms with Crippen molar-refractivity contribution in [2.45, 2.75) is 26.3 Å². The number of rotatable bonds is 7. The van der Waals surface area contributed by atoms with Crippen molar-refractivity contribution >= 4 is 5.97 Å². The standard InChI is InChI=1S/C24H26N2O3/c1-18-21(24(27)28)17-26(16-15-25-13-7-8-14-25)23(18)20-11-5-6-12-22(20)29-19-9-3-2-4-10-19/h2-6,9-12,17H,7-8,13-16H2,1H3,(H,27,28). The number of nitrogens with zero attached hydrogens (tertiary/aromatic N) is 2. The minimum atomic E-state index is -0.898. The van der Waals surface area contributed by atoms with Gasteiger partial charge in [-0.1, -0.05) is 30.3 Å². The molecular formula is C24H26N2O3. The van der Waals surface area contributed by atoms with Crippen molar-refractivity contribution in [1.29, 1.82) is 0 Å². The van der Waals surface area contributed by atoms with E-state index in [-0.39, 0.29) is 0 Å². The second-order valence-electron chi connectivity index (χ2n) is 7.47. The Hall–Kier alpha value is -3.05. The van der Waals surface area contributed by atoms with Crippen molar-refractivity contribution in [1.82, 2.24) is 9.47 Å². The van der Waals surface area contributed by atoms with E-state index in [0.29, 0.717) is 5.56 Å². The summed E-state index contributed by atoms with van der Waals surface area (Å²) in [5, 5.41) is 9.68. The molecule has 0 amide bonds. The molecule has 5 nitrogen and oxygen atoms in total. The first-order valence-electron chi connectivity index (χ1n) is 10.1. The summed E-state index contributed by atoms with van der Waals surface area (Å²) in [7, 11) is 0. The summed E-state index contributed by atoms with van der Waals surface area (Å²) < 4.78 is 8.22. The van der Waals surface area contributed by atoms with E-state index in [1.54, 1.807) is 6.20 Å². The largest absolute Gasteiger partial charge is 0.478 e. The molecule has 0 unspecified atom stereocenters. The normalized spacial score (nSPS) is 14.2. The van der Waals surface area contributed by atoms with Gasteiger partial charge >= 0.3 is 5.97 Å². The van der Waals surface area contributed by atoms with Gasteiger partial charge in [0.05, 0.1) is 11.3 Å². The maximum Gasteiger partial charge on any atom is 0.337 e. The fourth-order valence-electron chi connectivity index (χ4n) is 4.03. The van der Waals surface area contributed by atoms with Crippen LogP contribution in [-0.2, 0) is 6.54 Å². The van der Waals surface area contributed by atoms with E-state index in [2.05, 4.69) is 9.47 Å². The molecule has 5 heteroatoms. The lowest BCUT2D eigenvalue weighted by molar-refractivity contribution is 0.0696. The summed E-state index contributed by atoms with van der Waals surface area (Å²) >= 11 is 0. The molecule has 0 atom stereocenters. The van der Waals surface area contributed by atoms with E-state index in [9.17, 15) is 9.90 Å². The molecule has 150 valence electrons. The zero-order chi connectivity index (χ0) is 20.2. The monoisotopic (exact) mass is 390 g/mol. The highest BCUT2D eigenvalue weighted by Crippen LogP contribution is 2.37. The summed E-state index contributed by atoms with van der Waals surface area (Å²) in [5.74, 6) is 0.579. The topological polar surface area (TPSA) is 54.7 Å². The summed E-state index contributed by atoms with van der Waals surface area (Å²) in [6.45, 7) is 5.79. The molecule has 1 aliphatic heterocycles. The molecular weight excluding hydrogens is 364 g/mol. The van der Waals surface area contributed by atoms with Crippen LogP contribution >= 0.6 is 0 Å². The first-order chi connectivity index (χ1) is 14.1. The Balaban J connectivity index is 1.72. The van der Waals surface area contributed by atoms with Gasteiger partial charge in [-0.15, -0.1) is 0 Å². The van der Waals surface area contributed by atoms with Crippen molar-refractivity contribution in [3.8, 4) is 22.8 Å². The average Bonchev–Trinajstić information content (AvgIpc) is 3.35. The maximum absolute atomic E-state index is 11.8. The van der Waals surface area contributed by atoms with Crippen LogP contribution in [0.25, 0.3) is 11.3 Å². The third-order valence-electron chi connectivity index (χ3n) is 5.53. The second-order valence-corrected chi connectivity index (χ2v) is 7.47. The number of aromatic carboxylic acids is 1. The van der Waals surface area contributed by atoms with E-state index in [1.165, 1.54) is 12.8 Å². The number of carbonyl (C=O) groups is 1. The van der Waals surface area contributed by atoms with Crippen LogP contribution in [0.1, 0.15) is 28.8 Å². The van der Waals surface area contributed by atoms with Crippen LogP contribution in [0.4, 0.5) is 0 Å². The summed E-state index contributed by atoms with van der Waals surface area (Å²) in [4.78, 5) is 14.2. The van der Waals surface area contributed by atoms with Crippen LogP contribution in [0.3, 0.4) is 0 Å². The smallest absolute Gasteiger partial charge is 0.337 e. The molecule has 1 N–H and O–H groups in total. The lowest BCUT2D eigenvalue weighted by Gasteiger charge is -2.18. The van der Waals surface area contributed by atoms with Gasteiger partial charge < -0.3 is 19.3 Å². The Bertz CT molecular complexity index is 989. The van der Waals surface area contributed by atoms with Crippen LogP contribution in [0.2, 0.25) is 0 Å². The number of aromatic nitrogens is 1. The molecule has 0 aliphatic carbocycles. The summed E-state index contributed by atoms with van der Waals surface area (Å²) in [6.07, 6.45) is 4.25. The van der Waals surface area contributed by atoms with E-state index in [1.807, 2.05) is 61.5 Å². The van der Waals surface area contributed by atoms with Crippen LogP contribution in [-0.4, -0.2) is 40.2 Å². The molecule has 0 bridgehead atoms. The van der Waals surface area contributed by atoms with Crippen LogP contribution < -0.4 is 4.74 Å². The van der Waals surface area contributed by atoms with Crippen molar-refractivity contribution in [2.24, 2.45) is 0 Å². The van der Waals surface area contributed by atoms with E-state index < -0.39 is 5.97 Å². The Morgan fingerprint density at radius 3 is 2.41 bits per heavy atom. The molecule has 0 saturated carbocycles. The van der Waals surface area contributed by atoms with Crippen LogP contribution in [0.5, 0.6) is 11.5 Å². The number of para-hydroxylation sites is 2. The zero-order valence-electron chi connectivity index (χ0n) is 16.7. The molecule has 0 spiro atoms. The average molecular weight is 390 g/mol. The Morgan fingerprint density at radius 2 is 1.69 bits per heavy atom. The lowest BCUT2D eigenvalue weighted by Crippen LogP contribution is -2.24. The molecule has 2 aromatic carbocycles. The molecule has 1 aromatic heterocycles. The van der Waals surface area contributed by atoms with Gasteiger partial charge in [-0.2, -0.15) is 0 Å². The van der Waals surface area contributed by atoms with Gasteiger partial charge in [-0.05, 0) is 62.7 Å². The minimum Gasteiger partial charge on any atom is -0.478 e. The SMILES string of the molecule is Cc1c(C(=O)O)cn(CCN2CCCC2)c1-c1ccccc1Oc1ccccc1. The number of likely N-dealkylation sites (tertiary alicyclic amines) is 1. The van der Waals surface area contributed by atoms with Gasteiger partial charge in [-0.25, -0.2) is 4.79 Å². The molecule has 1 fully saturated rings. The van der Waals surface area contributed by atoms with Gasteiger partial charge in [0.25, 0.3) is 0 Å². The van der Waals surface area contributed by atoms with Crippen molar-refractivity contribution < 1.29 is 14.6 Å². The highest BCUT2D eigenvalue weighted by Gasteiger charge is 2.22. The molecule has 3 aromatic rings. The van der Waals surface area contributed by atoms with Gasteiger partial charge in [0.1, 0.15) is 11.5 Å². The van der Waals surface area contributed by atoms with E-state index >= 15 is 0 Å². The second kappa shape index (κ2) is 8.53. The predicted molar refractivity (Wildman–Crippen MR) is 114 cm³/mol. The zero-order valence-corrected chi connectivity index (χ0v) is 16.7. The van der Waals surface area contributed by atoms with Gasteiger partial charge in [0.15, 0.2) is 0 Å². The predicted octanol–water partition coefficient (Wildman–Crippen LogP) is 5.05. The Morgan fingerprint density at radius 1 is 1.00 bits per heavy atom. The van der Waals surface area contributed by atoms with Gasteiger partial charge in [-0.3, -0.25) is 0 Å². The molecule has 1 saturated heterocycles. The molecule has 29 heavy (non-hydrogen) atoms. The summed E-state index contributed by atoms with van der Waals surface area (Å²) in [6, 6.07) is 17.5. The number of carboxylic acid groups (broad SMARTS) is 1. The van der Waals surface area contributed by atoms with Crippen molar-refractivity contribution in [3.05, 3.63) is 71.9 Å². The van der Waals surface area contributed by atoms with Crippen LogP contribution in [0, 0.1) is 6.92 Å². The molecule has 2 heterocycles. The van der Waals surface area contributed by atoms with Crippen molar-refractivity contribution in [3.63, 3.8) is 0 Å². The van der Waals surface area contributed by atoms with Crippen molar-refractivity contribution in [2.75, 3.05) is 19.6 Å². The highest BCUT2D eigenvalue weighted by atomic mass is 16.5. The third kappa shape index (κ3) is 4.20. The quantitative estimate of drug-likeness (QED) is 0.613. The lowest BCUT2D eigenvalue weighted by atomic mass is 10.0. The van der Waals surface area contributed by atoms with Gasteiger partial charge in [0, 0.05) is 24.8 Å². The number of hydrogen-bond acceptors (Lipinski definition) is 3. The maximum atomic E-state index is 11.8. The fourth-order valence-corrected chi connectivity index (χ4v) is 4.03. The third-order valence-corrected chi connectivity index (χ3v) is 5.53. The first kappa shape index (κ1) is 19.3. The van der Waals surface area contributed by atoms with Gasteiger partial charge in [0.2, 0.25) is 0 Å². The van der Waals surface area contributed by atoms with E-state index in [4.69, 9.17) is 4.74 Å². The van der Waals surface area contributed by atoms with Crippen LogP contribution in [0.15, 0.2) is 60.8 Å². The first-order valence-corrected chi connectivity index (χ1v) is 10.1. The number of ether oxygens (including phenoxy) is 1. The Kier molecular flexibility index (Phi) is 5.67. The molecule has 0 radical (unpaired) electrons. The Labute approximate surface area is 171 Å². The number of carboxylic acids is 1. The fraction of sp³-hybridized carbons (Fsp3) is 0.292. The minimum absolute atomic E-state index is 0.343. The van der Waals surface area contributed by atoms with E-state index in [0.717, 1.165) is 54.5 Å². The molecule has 4 rings (SSSR count). The summed E-state index contributed by atoms with van der Waals surface area (Å²) in [5.41, 5.74) is 2.93.